The Balaban J connectivity index is 1.51. The van der Waals surface area contributed by atoms with Gasteiger partial charge in [-0.2, -0.15) is 18.3 Å². The first-order valence-electron chi connectivity index (χ1n) is 10.1. The summed E-state index contributed by atoms with van der Waals surface area (Å²) in [5, 5.41) is 4.13. The van der Waals surface area contributed by atoms with Crippen molar-refractivity contribution in [1.29, 1.82) is 0 Å². The SMILES string of the molecule is Cc1cc(=O)c(C(=O)N2CCN(c3ccc(C(F)(F)F)cn3)CC2)nn1-c1ccccc1F. The van der Waals surface area contributed by atoms with Crippen molar-refractivity contribution < 1.29 is 22.4 Å². The molecule has 0 bridgehead atoms. The molecular formula is C22H19F4N5O2. The van der Waals surface area contributed by atoms with Crippen molar-refractivity contribution in [1.82, 2.24) is 19.7 Å². The summed E-state index contributed by atoms with van der Waals surface area (Å²) in [6, 6.07) is 9.36. The summed E-state index contributed by atoms with van der Waals surface area (Å²) in [6.45, 7) is 2.66. The fourth-order valence-electron chi connectivity index (χ4n) is 3.59. The predicted octanol–water partition coefficient (Wildman–Crippen LogP) is 3.06. The zero-order chi connectivity index (χ0) is 23.8. The number of aromatic nitrogens is 3. The molecule has 3 aromatic rings. The summed E-state index contributed by atoms with van der Waals surface area (Å²) >= 11 is 0. The van der Waals surface area contributed by atoms with E-state index >= 15 is 0 Å². The number of anilines is 1. The Morgan fingerprint density at radius 2 is 1.73 bits per heavy atom. The quantitative estimate of drug-likeness (QED) is 0.561. The highest BCUT2D eigenvalue weighted by Crippen LogP contribution is 2.29. The zero-order valence-corrected chi connectivity index (χ0v) is 17.5. The Labute approximate surface area is 185 Å². The molecule has 0 aliphatic carbocycles. The van der Waals surface area contributed by atoms with Crippen molar-refractivity contribution in [3.63, 3.8) is 0 Å². The van der Waals surface area contributed by atoms with Crippen LogP contribution in [-0.4, -0.2) is 51.8 Å². The van der Waals surface area contributed by atoms with Crippen LogP contribution in [0.25, 0.3) is 5.69 Å². The lowest BCUT2D eigenvalue weighted by Gasteiger charge is -2.35. The van der Waals surface area contributed by atoms with Gasteiger partial charge in [-0.15, -0.1) is 0 Å². The average Bonchev–Trinajstić information content (AvgIpc) is 2.79. The smallest absolute Gasteiger partial charge is 0.353 e. The third kappa shape index (κ3) is 4.57. The van der Waals surface area contributed by atoms with E-state index in [0.717, 1.165) is 12.3 Å². The average molecular weight is 461 g/mol. The summed E-state index contributed by atoms with van der Waals surface area (Å²) < 4.78 is 53.6. The van der Waals surface area contributed by atoms with E-state index in [1.807, 2.05) is 0 Å². The van der Waals surface area contributed by atoms with E-state index in [4.69, 9.17) is 0 Å². The maximum Gasteiger partial charge on any atom is 0.417 e. The fraction of sp³-hybridized carbons (Fsp3) is 0.273. The van der Waals surface area contributed by atoms with Crippen LogP contribution in [0.1, 0.15) is 21.7 Å². The molecule has 0 N–H and O–H groups in total. The van der Waals surface area contributed by atoms with Gasteiger partial charge in [0.25, 0.3) is 5.91 Å². The molecule has 1 fully saturated rings. The van der Waals surface area contributed by atoms with Gasteiger partial charge in [-0.25, -0.2) is 14.1 Å². The minimum absolute atomic E-state index is 0.113. The molecule has 2 aromatic heterocycles. The molecule has 11 heteroatoms. The summed E-state index contributed by atoms with van der Waals surface area (Å²) in [5.41, 5.74) is -1.25. The highest BCUT2D eigenvalue weighted by atomic mass is 19.4. The van der Waals surface area contributed by atoms with Crippen molar-refractivity contribution in [3.05, 3.63) is 81.7 Å². The van der Waals surface area contributed by atoms with Gasteiger partial charge in [0.15, 0.2) is 5.69 Å². The number of alkyl halides is 3. The van der Waals surface area contributed by atoms with Crippen LogP contribution >= 0.6 is 0 Å². The number of hydrogen-bond donors (Lipinski definition) is 0. The summed E-state index contributed by atoms with van der Waals surface area (Å²) in [6.07, 6.45) is -3.69. The summed E-state index contributed by atoms with van der Waals surface area (Å²) in [7, 11) is 0. The third-order valence-corrected chi connectivity index (χ3v) is 5.36. The minimum atomic E-state index is -4.47. The number of carbonyl (C=O) groups is 1. The van der Waals surface area contributed by atoms with E-state index in [1.54, 1.807) is 17.9 Å². The van der Waals surface area contributed by atoms with Crippen molar-refractivity contribution >= 4 is 11.7 Å². The summed E-state index contributed by atoms with van der Waals surface area (Å²) in [4.78, 5) is 32.5. The first kappa shape index (κ1) is 22.4. The van der Waals surface area contributed by atoms with Crippen LogP contribution in [0.5, 0.6) is 0 Å². The molecular weight excluding hydrogens is 442 g/mol. The van der Waals surface area contributed by atoms with Crippen molar-refractivity contribution in [2.75, 3.05) is 31.1 Å². The molecule has 4 rings (SSSR count). The Morgan fingerprint density at radius 3 is 2.33 bits per heavy atom. The van der Waals surface area contributed by atoms with Crippen molar-refractivity contribution in [3.8, 4) is 5.69 Å². The second-order valence-corrected chi connectivity index (χ2v) is 7.54. The predicted molar refractivity (Wildman–Crippen MR) is 112 cm³/mol. The molecule has 3 heterocycles. The molecule has 0 unspecified atom stereocenters. The van der Waals surface area contributed by atoms with Gasteiger partial charge in [0.05, 0.1) is 5.56 Å². The molecule has 0 atom stereocenters. The molecule has 1 amide bonds. The Bertz CT molecular complexity index is 1230. The van der Waals surface area contributed by atoms with E-state index in [2.05, 4.69) is 10.1 Å². The number of benzene rings is 1. The maximum atomic E-state index is 14.2. The van der Waals surface area contributed by atoms with Crippen LogP contribution in [-0.2, 0) is 6.18 Å². The largest absolute Gasteiger partial charge is 0.417 e. The molecule has 1 aliphatic heterocycles. The van der Waals surface area contributed by atoms with Crippen LogP contribution in [0.2, 0.25) is 0 Å². The number of piperazine rings is 1. The topological polar surface area (TPSA) is 71.3 Å². The van der Waals surface area contributed by atoms with Gasteiger partial charge in [-0.05, 0) is 31.2 Å². The first-order chi connectivity index (χ1) is 15.6. The lowest BCUT2D eigenvalue weighted by Crippen LogP contribution is -2.50. The molecule has 1 aromatic carbocycles. The van der Waals surface area contributed by atoms with Gasteiger partial charge in [0.1, 0.15) is 17.3 Å². The Morgan fingerprint density at radius 1 is 1.03 bits per heavy atom. The van der Waals surface area contributed by atoms with E-state index < -0.39 is 28.9 Å². The molecule has 33 heavy (non-hydrogen) atoms. The number of pyridine rings is 1. The van der Waals surface area contributed by atoms with E-state index in [9.17, 15) is 27.2 Å². The van der Waals surface area contributed by atoms with Crippen molar-refractivity contribution in [2.24, 2.45) is 0 Å². The van der Waals surface area contributed by atoms with E-state index in [1.165, 1.54) is 39.9 Å². The highest BCUT2D eigenvalue weighted by Gasteiger charge is 2.31. The molecule has 0 spiro atoms. The number of rotatable bonds is 3. The first-order valence-corrected chi connectivity index (χ1v) is 10.1. The van der Waals surface area contributed by atoms with Crippen LogP contribution < -0.4 is 10.3 Å². The number of nitrogens with zero attached hydrogens (tertiary/aromatic N) is 5. The lowest BCUT2D eigenvalue weighted by atomic mass is 10.2. The zero-order valence-electron chi connectivity index (χ0n) is 17.5. The fourth-order valence-corrected chi connectivity index (χ4v) is 3.59. The van der Waals surface area contributed by atoms with Gasteiger partial charge in [-0.1, -0.05) is 12.1 Å². The summed E-state index contributed by atoms with van der Waals surface area (Å²) in [5.74, 6) is -0.775. The number of aryl methyl sites for hydroxylation is 1. The second-order valence-electron chi connectivity index (χ2n) is 7.54. The number of halogens is 4. The minimum Gasteiger partial charge on any atom is -0.353 e. The Hall–Kier alpha value is -3.76. The van der Waals surface area contributed by atoms with Gasteiger partial charge < -0.3 is 9.80 Å². The van der Waals surface area contributed by atoms with E-state index in [-0.39, 0.29) is 24.5 Å². The van der Waals surface area contributed by atoms with Crippen molar-refractivity contribution in [2.45, 2.75) is 13.1 Å². The van der Waals surface area contributed by atoms with Gasteiger partial charge in [0, 0.05) is 44.1 Å². The molecule has 0 saturated carbocycles. The standard InChI is InChI=1S/C22H19F4N5O2/c1-14-12-18(32)20(28-31(14)17-5-3-2-4-16(17)23)21(33)30-10-8-29(9-11-30)19-7-6-15(13-27-19)22(24,25)26/h2-7,12-13H,8-11H2,1H3. The van der Waals surface area contributed by atoms with E-state index in [0.29, 0.717) is 24.6 Å². The molecule has 1 saturated heterocycles. The monoisotopic (exact) mass is 461 g/mol. The number of para-hydroxylation sites is 1. The van der Waals surface area contributed by atoms with Gasteiger partial charge >= 0.3 is 6.18 Å². The molecule has 1 aliphatic rings. The lowest BCUT2D eigenvalue weighted by molar-refractivity contribution is -0.137. The van der Waals surface area contributed by atoms with Gasteiger partial charge in [-0.3, -0.25) is 9.59 Å². The molecule has 172 valence electrons. The Kier molecular flexibility index (Phi) is 5.88. The van der Waals surface area contributed by atoms with Crippen LogP contribution in [0.4, 0.5) is 23.4 Å². The normalized spacial score (nSPS) is 14.5. The van der Waals surface area contributed by atoms with Crippen LogP contribution in [0, 0.1) is 12.7 Å². The number of carbonyl (C=O) groups excluding carboxylic acids is 1. The van der Waals surface area contributed by atoms with Crippen LogP contribution in [0.3, 0.4) is 0 Å². The second kappa shape index (κ2) is 8.64. The number of hydrogen-bond acceptors (Lipinski definition) is 5. The molecule has 0 radical (unpaired) electrons. The number of amides is 1. The molecule has 7 nitrogen and oxygen atoms in total. The van der Waals surface area contributed by atoms with Gasteiger partial charge in [0.2, 0.25) is 5.43 Å². The highest BCUT2D eigenvalue weighted by molar-refractivity contribution is 5.92. The third-order valence-electron chi connectivity index (χ3n) is 5.36. The maximum absolute atomic E-state index is 14.2. The van der Waals surface area contributed by atoms with Crippen LogP contribution in [0.15, 0.2) is 53.5 Å².